The fraction of sp³-hybridized carbons (Fsp3) is 0.200. The molecule has 94 valence electrons. The first-order valence-corrected chi connectivity index (χ1v) is 6.01. The third-order valence-corrected chi connectivity index (χ3v) is 3.39. The summed E-state index contributed by atoms with van der Waals surface area (Å²) in [6.45, 7) is 0.616. The predicted molar refractivity (Wildman–Crippen MR) is 78.4 cm³/mol. The van der Waals surface area contributed by atoms with Crippen LogP contribution in [0, 0.1) is 0 Å². The lowest BCUT2D eigenvalue weighted by molar-refractivity contribution is 0.788. The van der Waals surface area contributed by atoms with E-state index in [4.69, 9.17) is 5.73 Å². The van der Waals surface area contributed by atoms with Crippen molar-refractivity contribution in [1.82, 2.24) is 0 Å². The molecular formula is C15H17ClN2. The summed E-state index contributed by atoms with van der Waals surface area (Å²) in [5, 5.41) is 3.54. The van der Waals surface area contributed by atoms with Crippen molar-refractivity contribution >= 4 is 18.1 Å². The van der Waals surface area contributed by atoms with Crippen molar-refractivity contribution in [2.45, 2.75) is 12.5 Å². The Balaban J connectivity index is 0.00000120. The molecule has 0 aliphatic carbocycles. The molecule has 0 spiro atoms. The van der Waals surface area contributed by atoms with Gasteiger partial charge in [-0.15, -0.1) is 12.4 Å². The van der Waals surface area contributed by atoms with Crippen LogP contribution in [0.3, 0.4) is 0 Å². The number of hydrogen-bond acceptors (Lipinski definition) is 2. The smallest absolute Gasteiger partial charge is 0.0639 e. The summed E-state index contributed by atoms with van der Waals surface area (Å²) in [6.07, 6.45) is 0.982. The first-order chi connectivity index (χ1) is 8.38. The largest absolute Gasteiger partial charge is 0.377 e. The van der Waals surface area contributed by atoms with Crippen LogP contribution in [-0.2, 0) is 6.42 Å². The Hall–Kier alpha value is -1.51. The van der Waals surface area contributed by atoms with E-state index in [-0.39, 0.29) is 18.4 Å². The molecule has 0 amide bonds. The maximum absolute atomic E-state index is 5.88. The van der Waals surface area contributed by atoms with E-state index in [1.54, 1.807) is 0 Å². The maximum atomic E-state index is 5.88. The molecule has 2 aromatic rings. The molecule has 1 atom stereocenters. The molecule has 3 rings (SSSR count). The van der Waals surface area contributed by atoms with Gasteiger partial charge in [0.2, 0.25) is 0 Å². The topological polar surface area (TPSA) is 38.0 Å². The van der Waals surface area contributed by atoms with Gasteiger partial charge in [0.1, 0.15) is 0 Å². The molecule has 3 N–H and O–H groups in total. The summed E-state index contributed by atoms with van der Waals surface area (Å²) in [6, 6.07) is 17.2. The van der Waals surface area contributed by atoms with E-state index in [1.807, 2.05) is 0 Å². The van der Waals surface area contributed by atoms with Crippen LogP contribution in [0.25, 0.3) is 0 Å². The van der Waals surface area contributed by atoms with Gasteiger partial charge < -0.3 is 11.1 Å². The standard InChI is InChI=1S/C15H16N2.ClH/c16-10-15-13-7-3-1-5-11(13)9-12-6-2-4-8-14(12)17-15;/h1-8,15,17H,9-10,16H2;1H. The molecule has 0 aromatic heterocycles. The molecule has 1 heterocycles. The van der Waals surface area contributed by atoms with Gasteiger partial charge in [-0.1, -0.05) is 42.5 Å². The van der Waals surface area contributed by atoms with Gasteiger partial charge in [0.05, 0.1) is 6.04 Å². The predicted octanol–water partition coefficient (Wildman–Crippen LogP) is 3.12. The van der Waals surface area contributed by atoms with Gasteiger partial charge in [0.25, 0.3) is 0 Å². The van der Waals surface area contributed by atoms with Gasteiger partial charge in [-0.05, 0) is 29.2 Å². The average Bonchev–Trinajstić information content (AvgIpc) is 2.54. The lowest BCUT2D eigenvalue weighted by atomic mass is 9.97. The fourth-order valence-corrected chi connectivity index (χ4v) is 2.51. The van der Waals surface area contributed by atoms with Gasteiger partial charge in [-0.25, -0.2) is 0 Å². The second-order valence-electron chi connectivity index (χ2n) is 4.47. The lowest BCUT2D eigenvalue weighted by Crippen LogP contribution is -2.20. The number of para-hydroxylation sites is 1. The number of halogens is 1. The van der Waals surface area contributed by atoms with Gasteiger partial charge in [0, 0.05) is 12.2 Å². The molecule has 2 nitrogen and oxygen atoms in total. The van der Waals surface area contributed by atoms with Crippen LogP contribution >= 0.6 is 12.4 Å². The van der Waals surface area contributed by atoms with E-state index in [1.165, 1.54) is 22.4 Å². The van der Waals surface area contributed by atoms with Crippen LogP contribution in [0.1, 0.15) is 22.7 Å². The van der Waals surface area contributed by atoms with Crippen molar-refractivity contribution in [3.05, 3.63) is 65.2 Å². The number of nitrogens with two attached hydrogens (primary N) is 1. The Morgan fingerprint density at radius 1 is 1.00 bits per heavy atom. The van der Waals surface area contributed by atoms with Gasteiger partial charge >= 0.3 is 0 Å². The van der Waals surface area contributed by atoms with E-state index in [2.05, 4.69) is 53.8 Å². The SMILES string of the molecule is Cl.NCC1Nc2ccccc2Cc2ccccc21. The van der Waals surface area contributed by atoms with E-state index < -0.39 is 0 Å². The van der Waals surface area contributed by atoms with Gasteiger partial charge in [0.15, 0.2) is 0 Å². The third kappa shape index (κ3) is 2.22. The van der Waals surface area contributed by atoms with Crippen LogP contribution in [-0.4, -0.2) is 6.54 Å². The molecule has 0 saturated carbocycles. The molecule has 1 aliphatic rings. The normalized spacial score (nSPS) is 16.6. The van der Waals surface area contributed by atoms with Gasteiger partial charge in [-0.3, -0.25) is 0 Å². The van der Waals surface area contributed by atoms with Crippen molar-refractivity contribution in [2.75, 3.05) is 11.9 Å². The summed E-state index contributed by atoms with van der Waals surface area (Å²) in [4.78, 5) is 0. The molecule has 2 aromatic carbocycles. The van der Waals surface area contributed by atoms with Crippen LogP contribution in [0.4, 0.5) is 5.69 Å². The first kappa shape index (κ1) is 12.9. The monoisotopic (exact) mass is 260 g/mol. The average molecular weight is 261 g/mol. The molecule has 0 saturated heterocycles. The highest BCUT2D eigenvalue weighted by Gasteiger charge is 2.19. The Labute approximate surface area is 114 Å². The van der Waals surface area contributed by atoms with Crippen molar-refractivity contribution in [3.63, 3.8) is 0 Å². The molecule has 1 aliphatic heterocycles. The number of hydrogen-bond donors (Lipinski definition) is 2. The van der Waals surface area contributed by atoms with Crippen molar-refractivity contribution in [1.29, 1.82) is 0 Å². The second kappa shape index (κ2) is 5.42. The highest BCUT2D eigenvalue weighted by atomic mass is 35.5. The zero-order chi connectivity index (χ0) is 11.7. The minimum Gasteiger partial charge on any atom is -0.377 e. The first-order valence-electron chi connectivity index (χ1n) is 6.01. The Kier molecular flexibility index (Phi) is 3.90. The van der Waals surface area contributed by atoms with Crippen LogP contribution in [0.5, 0.6) is 0 Å². The summed E-state index contributed by atoms with van der Waals surface area (Å²) in [5.74, 6) is 0. The summed E-state index contributed by atoms with van der Waals surface area (Å²) in [5.41, 5.74) is 11.1. The van der Waals surface area contributed by atoms with E-state index in [0.29, 0.717) is 6.54 Å². The van der Waals surface area contributed by atoms with Crippen molar-refractivity contribution in [3.8, 4) is 0 Å². The fourth-order valence-electron chi connectivity index (χ4n) is 2.51. The van der Waals surface area contributed by atoms with E-state index >= 15 is 0 Å². The summed E-state index contributed by atoms with van der Waals surface area (Å²) >= 11 is 0. The van der Waals surface area contributed by atoms with Crippen molar-refractivity contribution < 1.29 is 0 Å². The number of fused-ring (bicyclic) bond motifs is 2. The van der Waals surface area contributed by atoms with Gasteiger partial charge in [-0.2, -0.15) is 0 Å². The Bertz CT molecular complexity index is 540. The third-order valence-electron chi connectivity index (χ3n) is 3.39. The summed E-state index contributed by atoms with van der Waals surface area (Å²) < 4.78 is 0. The molecular weight excluding hydrogens is 244 g/mol. The molecule has 0 bridgehead atoms. The van der Waals surface area contributed by atoms with E-state index in [9.17, 15) is 0 Å². The van der Waals surface area contributed by atoms with E-state index in [0.717, 1.165) is 6.42 Å². The zero-order valence-electron chi connectivity index (χ0n) is 10.1. The lowest BCUT2D eigenvalue weighted by Gasteiger charge is -2.18. The minimum atomic E-state index is 0. The number of rotatable bonds is 1. The maximum Gasteiger partial charge on any atom is 0.0639 e. The molecule has 3 heteroatoms. The zero-order valence-corrected chi connectivity index (χ0v) is 10.9. The molecule has 0 radical (unpaired) electrons. The Morgan fingerprint density at radius 3 is 2.44 bits per heavy atom. The van der Waals surface area contributed by atoms with Crippen LogP contribution in [0.15, 0.2) is 48.5 Å². The molecule has 0 fully saturated rings. The molecule has 1 unspecified atom stereocenters. The number of anilines is 1. The minimum absolute atomic E-state index is 0. The summed E-state index contributed by atoms with van der Waals surface area (Å²) in [7, 11) is 0. The van der Waals surface area contributed by atoms with Crippen molar-refractivity contribution in [2.24, 2.45) is 5.73 Å². The highest BCUT2D eigenvalue weighted by molar-refractivity contribution is 5.85. The van der Waals surface area contributed by atoms with Crippen LogP contribution < -0.4 is 11.1 Å². The second-order valence-corrected chi connectivity index (χ2v) is 4.47. The van der Waals surface area contributed by atoms with Crippen LogP contribution in [0.2, 0.25) is 0 Å². The Morgan fingerprint density at radius 2 is 1.67 bits per heavy atom. The quantitative estimate of drug-likeness (QED) is 0.827. The number of nitrogens with one attached hydrogen (secondary N) is 1. The molecule has 18 heavy (non-hydrogen) atoms. The highest BCUT2D eigenvalue weighted by Crippen LogP contribution is 2.31. The number of benzene rings is 2.